The Bertz CT molecular complexity index is 707. The topological polar surface area (TPSA) is 89.5 Å². The van der Waals surface area contributed by atoms with Crippen LogP contribution in [0.5, 0.6) is 10.8 Å². The minimum Gasteiger partial charge on any atom is -0.489 e. The van der Waals surface area contributed by atoms with Gasteiger partial charge in [-0.05, 0) is 22.9 Å². The summed E-state index contributed by atoms with van der Waals surface area (Å²) in [5, 5.41) is 4.02. The molecule has 0 atom stereocenters. The Balaban J connectivity index is 1.56. The average Bonchev–Trinajstić information content (AvgIpc) is 3.35. The minimum atomic E-state index is -0.472. The number of esters is 2. The lowest BCUT2D eigenvalue weighted by atomic mass is 10.3. The fraction of sp³-hybridized carbons (Fsp3) is 0.444. The van der Waals surface area contributed by atoms with Gasteiger partial charge in [0.1, 0.15) is 37.7 Å². The Labute approximate surface area is 169 Å². The standard InChI is InChI=1S/C18H20O8S2/c19-16-13-1-11-28-18(13)26-10-6-21-3-7-23-14-2-12-27-15(14)17(20)25-9-5-22-4-8-24-16/h1-2,11-12H,3-10H2. The molecule has 8 nitrogen and oxygen atoms in total. The maximum absolute atomic E-state index is 12.1. The number of cyclic esters (lactones) is 2. The lowest BCUT2D eigenvalue weighted by Crippen LogP contribution is -2.16. The quantitative estimate of drug-likeness (QED) is 0.592. The third-order valence-electron chi connectivity index (χ3n) is 3.53. The second-order valence-electron chi connectivity index (χ2n) is 5.43. The Morgan fingerprint density at radius 2 is 1.25 bits per heavy atom. The van der Waals surface area contributed by atoms with Gasteiger partial charge in [0.2, 0.25) is 0 Å². The molecule has 2 aromatic rings. The molecule has 0 aliphatic carbocycles. The highest BCUT2D eigenvalue weighted by Crippen LogP contribution is 2.27. The van der Waals surface area contributed by atoms with E-state index in [1.165, 1.54) is 22.7 Å². The molecule has 0 radical (unpaired) electrons. The van der Waals surface area contributed by atoms with Gasteiger partial charge in [-0.3, -0.25) is 0 Å². The van der Waals surface area contributed by atoms with E-state index in [4.69, 9.17) is 28.4 Å². The van der Waals surface area contributed by atoms with Gasteiger partial charge >= 0.3 is 11.9 Å². The second kappa shape index (κ2) is 11.0. The molecule has 3 rings (SSSR count). The molecule has 2 aromatic heterocycles. The molecular formula is C18H20O8S2. The molecule has 152 valence electrons. The molecule has 0 saturated carbocycles. The number of carbonyl (C=O) groups excluding carboxylic acids is 2. The zero-order valence-electron chi connectivity index (χ0n) is 15.0. The highest BCUT2D eigenvalue weighted by molar-refractivity contribution is 7.12. The van der Waals surface area contributed by atoms with E-state index in [0.717, 1.165) is 0 Å². The summed E-state index contributed by atoms with van der Waals surface area (Å²) in [7, 11) is 0. The van der Waals surface area contributed by atoms with E-state index < -0.39 is 11.9 Å². The van der Waals surface area contributed by atoms with Crippen molar-refractivity contribution in [2.75, 3.05) is 52.9 Å². The fourth-order valence-corrected chi connectivity index (χ4v) is 3.74. The highest BCUT2D eigenvalue weighted by Gasteiger charge is 2.17. The SMILES string of the molecule is O=C1OCCOCCOC(=O)c2sccc2OCCOCCOc2sccc21. The molecule has 0 unspecified atom stereocenters. The number of fused-ring (bicyclic) bond motifs is 2. The lowest BCUT2D eigenvalue weighted by Gasteiger charge is -2.11. The van der Waals surface area contributed by atoms with Crippen LogP contribution in [-0.4, -0.2) is 64.8 Å². The molecule has 1 aliphatic rings. The van der Waals surface area contributed by atoms with Crippen LogP contribution < -0.4 is 9.47 Å². The van der Waals surface area contributed by atoms with Crippen LogP contribution in [0.3, 0.4) is 0 Å². The van der Waals surface area contributed by atoms with Crippen LogP contribution in [-0.2, 0) is 18.9 Å². The molecule has 0 aromatic carbocycles. The molecule has 0 amide bonds. The van der Waals surface area contributed by atoms with E-state index in [2.05, 4.69) is 0 Å². The van der Waals surface area contributed by atoms with E-state index >= 15 is 0 Å². The lowest BCUT2D eigenvalue weighted by molar-refractivity contribution is 0.0148. The smallest absolute Gasteiger partial charge is 0.352 e. The molecule has 3 heterocycles. The number of carbonyl (C=O) groups is 2. The van der Waals surface area contributed by atoms with Gasteiger partial charge in [-0.25, -0.2) is 9.59 Å². The van der Waals surface area contributed by atoms with Crippen LogP contribution in [0.2, 0.25) is 0 Å². The van der Waals surface area contributed by atoms with Gasteiger partial charge in [0.15, 0.2) is 9.94 Å². The van der Waals surface area contributed by atoms with Gasteiger partial charge in [0, 0.05) is 0 Å². The van der Waals surface area contributed by atoms with Crippen LogP contribution in [0.15, 0.2) is 22.9 Å². The van der Waals surface area contributed by atoms with Crippen molar-refractivity contribution in [3.63, 3.8) is 0 Å². The fourth-order valence-electron chi connectivity index (χ4n) is 2.26. The van der Waals surface area contributed by atoms with Gasteiger partial charge in [-0.15, -0.1) is 22.7 Å². The number of rotatable bonds is 0. The molecule has 0 saturated heterocycles. The summed E-state index contributed by atoms with van der Waals surface area (Å²) in [6.45, 7) is 1.83. The monoisotopic (exact) mass is 428 g/mol. The first-order valence-electron chi connectivity index (χ1n) is 8.66. The Hall–Kier alpha value is -2.14. The largest absolute Gasteiger partial charge is 0.489 e. The van der Waals surface area contributed by atoms with Crippen LogP contribution in [0.1, 0.15) is 20.0 Å². The summed E-state index contributed by atoms with van der Waals surface area (Å²) in [6, 6.07) is 3.38. The summed E-state index contributed by atoms with van der Waals surface area (Å²) in [5.41, 5.74) is 0.377. The van der Waals surface area contributed by atoms with Crippen LogP contribution in [0.4, 0.5) is 0 Å². The van der Waals surface area contributed by atoms with Crippen LogP contribution in [0, 0.1) is 0 Å². The van der Waals surface area contributed by atoms with Crippen molar-refractivity contribution < 1.29 is 38.0 Å². The van der Waals surface area contributed by atoms with Crippen LogP contribution >= 0.6 is 22.7 Å². The Morgan fingerprint density at radius 1 is 0.643 bits per heavy atom. The molecular weight excluding hydrogens is 408 g/mol. The van der Waals surface area contributed by atoms with Crippen molar-refractivity contribution in [2.24, 2.45) is 0 Å². The molecule has 10 heteroatoms. The van der Waals surface area contributed by atoms with Gasteiger partial charge in [0.25, 0.3) is 0 Å². The second-order valence-corrected chi connectivity index (χ2v) is 7.22. The van der Waals surface area contributed by atoms with E-state index in [9.17, 15) is 9.59 Å². The number of thiophene rings is 2. The van der Waals surface area contributed by atoms with E-state index in [1.807, 2.05) is 0 Å². The average molecular weight is 428 g/mol. The van der Waals surface area contributed by atoms with E-state index in [0.29, 0.717) is 41.1 Å². The van der Waals surface area contributed by atoms with E-state index in [-0.39, 0.29) is 33.0 Å². The number of hydrogen-bond acceptors (Lipinski definition) is 10. The predicted molar refractivity (Wildman–Crippen MR) is 102 cm³/mol. The molecule has 28 heavy (non-hydrogen) atoms. The maximum Gasteiger partial charge on any atom is 0.352 e. The number of hydrogen-bond donors (Lipinski definition) is 0. The zero-order chi connectivity index (χ0) is 19.6. The normalized spacial score (nSPS) is 17.9. The van der Waals surface area contributed by atoms with Gasteiger partial charge in [-0.1, -0.05) is 0 Å². The van der Waals surface area contributed by atoms with Gasteiger partial charge in [0.05, 0.1) is 26.4 Å². The van der Waals surface area contributed by atoms with Crippen molar-refractivity contribution in [2.45, 2.75) is 0 Å². The number of ether oxygens (including phenoxy) is 6. The van der Waals surface area contributed by atoms with E-state index in [1.54, 1.807) is 22.9 Å². The predicted octanol–water partition coefficient (Wildman–Crippen LogP) is 2.63. The van der Waals surface area contributed by atoms with Crippen molar-refractivity contribution in [1.82, 2.24) is 0 Å². The van der Waals surface area contributed by atoms with Crippen LogP contribution in [0.25, 0.3) is 0 Å². The molecule has 0 bridgehead atoms. The Kier molecular flexibility index (Phi) is 8.09. The van der Waals surface area contributed by atoms with Crippen molar-refractivity contribution in [3.05, 3.63) is 33.3 Å². The zero-order valence-corrected chi connectivity index (χ0v) is 16.7. The molecule has 1 aliphatic heterocycles. The molecule has 0 N–H and O–H groups in total. The highest BCUT2D eigenvalue weighted by atomic mass is 32.1. The van der Waals surface area contributed by atoms with Gasteiger partial charge in [-0.2, -0.15) is 0 Å². The first-order valence-corrected chi connectivity index (χ1v) is 10.4. The third-order valence-corrected chi connectivity index (χ3v) is 5.23. The summed E-state index contributed by atoms with van der Waals surface area (Å²) in [6.07, 6.45) is 0. The van der Waals surface area contributed by atoms with Crippen molar-refractivity contribution >= 4 is 34.6 Å². The summed E-state index contributed by atoms with van der Waals surface area (Å²) < 4.78 is 32.3. The summed E-state index contributed by atoms with van der Waals surface area (Å²) in [5.74, 6) is -0.464. The third kappa shape index (κ3) is 5.93. The first-order chi connectivity index (χ1) is 13.8. The minimum absolute atomic E-state index is 0.0914. The van der Waals surface area contributed by atoms with Crippen molar-refractivity contribution in [1.29, 1.82) is 0 Å². The summed E-state index contributed by atoms with van der Waals surface area (Å²) >= 11 is 2.57. The van der Waals surface area contributed by atoms with Crippen molar-refractivity contribution in [3.8, 4) is 10.8 Å². The Morgan fingerprint density at radius 3 is 2.00 bits per heavy atom. The molecule has 0 spiro atoms. The first kappa shape index (κ1) is 20.6. The molecule has 0 fully saturated rings. The summed E-state index contributed by atoms with van der Waals surface area (Å²) in [4.78, 5) is 24.6. The van der Waals surface area contributed by atoms with Gasteiger partial charge < -0.3 is 28.4 Å². The maximum atomic E-state index is 12.1.